The Kier molecular flexibility index (Phi) is 6.95. The molecule has 0 aliphatic heterocycles. The average molecular weight is 404 g/mol. The molecule has 0 spiro atoms. The lowest BCUT2D eigenvalue weighted by molar-refractivity contribution is -0.111. The van der Waals surface area contributed by atoms with Crippen LogP contribution in [0.5, 0.6) is 5.75 Å². The lowest BCUT2D eigenvalue weighted by Gasteiger charge is -2.11. The van der Waals surface area contributed by atoms with Gasteiger partial charge in [0.2, 0.25) is 5.91 Å². The molecule has 0 radical (unpaired) electrons. The maximum atomic E-state index is 13.0. The highest BCUT2D eigenvalue weighted by molar-refractivity contribution is 6.11. The Hall–Kier alpha value is -3.93. The topological polar surface area (TPSA) is 67.4 Å². The van der Waals surface area contributed by atoms with Crippen LogP contribution in [0.4, 0.5) is 15.8 Å². The number of para-hydroxylation sites is 1. The summed E-state index contributed by atoms with van der Waals surface area (Å²) in [6.45, 7) is 2.46. The Balaban J connectivity index is 1.67. The van der Waals surface area contributed by atoms with E-state index in [-0.39, 0.29) is 11.7 Å². The van der Waals surface area contributed by atoms with Gasteiger partial charge in [-0.05, 0) is 67.1 Å². The molecule has 3 aromatic rings. The SMILES string of the molecule is CCOc1ccc(NC(=O)c2ccccc2NC(=O)/C=C/c2ccc(F)cc2)cc1. The second kappa shape index (κ2) is 10.0. The second-order valence-corrected chi connectivity index (χ2v) is 6.33. The minimum absolute atomic E-state index is 0.329. The smallest absolute Gasteiger partial charge is 0.257 e. The van der Waals surface area contributed by atoms with Crippen LogP contribution in [0.3, 0.4) is 0 Å². The first-order valence-corrected chi connectivity index (χ1v) is 9.43. The van der Waals surface area contributed by atoms with Crippen molar-refractivity contribution < 1.29 is 18.7 Å². The molecule has 3 rings (SSSR count). The van der Waals surface area contributed by atoms with Crippen molar-refractivity contribution in [1.82, 2.24) is 0 Å². The molecule has 0 saturated heterocycles. The van der Waals surface area contributed by atoms with E-state index in [0.717, 1.165) is 5.75 Å². The number of rotatable bonds is 7. The van der Waals surface area contributed by atoms with Crippen molar-refractivity contribution in [1.29, 1.82) is 0 Å². The molecule has 0 saturated carbocycles. The lowest BCUT2D eigenvalue weighted by atomic mass is 10.1. The number of halogens is 1. The summed E-state index contributed by atoms with van der Waals surface area (Å²) in [7, 11) is 0. The third kappa shape index (κ3) is 5.78. The molecule has 0 heterocycles. The van der Waals surface area contributed by atoms with Crippen LogP contribution in [-0.4, -0.2) is 18.4 Å². The van der Waals surface area contributed by atoms with Crippen LogP contribution < -0.4 is 15.4 Å². The van der Waals surface area contributed by atoms with Gasteiger partial charge in [0.05, 0.1) is 17.9 Å². The summed E-state index contributed by atoms with van der Waals surface area (Å²) < 4.78 is 18.3. The zero-order chi connectivity index (χ0) is 21.3. The molecule has 0 aliphatic carbocycles. The maximum absolute atomic E-state index is 13.0. The quantitative estimate of drug-likeness (QED) is 0.537. The van der Waals surface area contributed by atoms with Crippen LogP contribution in [0.25, 0.3) is 6.08 Å². The lowest BCUT2D eigenvalue weighted by Crippen LogP contribution is -2.17. The van der Waals surface area contributed by atoms with Gasteiger partial charge < -0.3 is 15.4 Å². The molecule has 2 N–H and O–H groups in total. The monoisotopic (exact) mass is 404 g/mol. The second-order valence-electron chi connectivity index (χ2n) is 6.33. The van der Waals surface area contributed by atoms with Gasteiger partial charge in [0, 0.05) is 11.8 Å². The van der Waals surface area contributed by atoms with E-state index in [1.807, 2.05) is 6.92 Å². The minimum Gasteiger partial charge on any atom is -0.494 e. The van der Waals surface area contributed by atoms with Crippen LogP contribution in [0, 0.1) is 5.82 Å². The summed E-state index contributed by atoms with van der Waals surface area (Å²) in [5.41, 5.74) is 2.01. The third-order valence-corrected chi connectivity index (χ3v) is 4.15. The number of hydrogen-bond donors (Lipinski definition) is 2. The van der Waals surface area contributed by atoms with E-state index in [2.05, 4.69) is 10.6 Å². The largest absolute Gasteiger partial charge is 0.494 e. The van der Waals surface area contributed by atoms with Gasteiger partial charge in [0.1, 0.15) is 11.6 Å². The van der Waals surface area contributed by atoms with Gasteiger partial charge in [0.15, 0.2) is 0 Å². The summed E-state index contributed by atoms with van der Waals surface area (Å²) in [6, 6.07) is 19.5. The van der Waals surface area contributed by atoms with Crippen LogP contribution in [0.2, 0.25) is 0 Å². The number of ether oxygens (including phenoxy) is 1. The summed E-state index contributed by atoms with van der Waals surface area (Å²) in [5, 5.41) is 5.51. The van der Waals surface area contributed by atoms with Gasteiger partial charge in [-0.1, -0.05) is 24.3 Å². The average Bonchev–Trinajstić information content (AvgIpc) is 2.75. The van der Waals surface area contributed by atoms with E-state index in [0.29, 0.717) is 29.1 Å². The predicted octanol–water partition coefficient (Wildman–Crippen LogP) is 5.13. The minimum atomic E-state index is -0.402. The molecule has 2 amide bonds. The molecule has 5 nitrogen and oxygen atoms in total. The fourth-order valence-electron chi connectivity index (χ4n) is 2.71. The fourth-order valence-corrected chi connectivity index (χ4v) is 2.71. The Morgan fingerprint density at radius 3 is 2.33 bits per heavy atom. The van der Waals surface area contributed by atoms with Crippen LogP contribution >= 0.6 is 0 Å². The molecule has 3 aromatic carbocycles. The van der Waals surface area contributed by atoms with Crippen molar-refractivity contribution in [2.75, 3.05) is 17.2 Å². The van der Waals surface area contributed by atoms with Gasteiger partial charge in [-0.25, -0.2) is 4.39 Å². The zero-order valence-corrected chi connectivity index (χ0v) is 16.4. The molecular weight excluding hydrogens is 383 g/mol. The highest BCUT2D eigenvalue weighted by Gasteiger charge is 2.12. The van der Waals surface area contributed by atoms with Gasteiger partial charge >= 0.3 is 0 Å². The number of benzene rings is 3. The first kappa shape index (κ1) is 20.8. The fraction of sp³-hybridized carbons (Fsp3) is 0.0833. The van der Waals surface area contributed by atoms with E-state index >= 15 is 0 Å². The Bertz CT molecular complexity index is 1040. The highest BCUT2D eigenvalue weighted by atomic mass is 19.1. The summed E-state index contributed by atoms with van der Waals surface area (Å²) in [5.74, 6) is -0.376. The molecule has 0 aromatic heterocycles. The van der Waals surface area contributed by atoms with Gasteiger partial charge in [-0.2, -0.15) is 0 Å². The molecule has 0 aliphatic rings. The van der Waals surface area contributed by atoms with Crippen molar-refractivity contribution >= 4 is 29.3 Å². The van der Waals surface area contributed by atoms with Crippen LogP contribution in [0.15, 0.2) is 78.9 Å². The molecule has 30 heavy (non-hydrogen) atoms. The summed E-state index contributed by atoms with van der Waals surface area (Å²) in [4.78, 5) is 25.0. The predicted molar refractivity (Wildman–Crippen MR) is 116 cm³/mol. The first-order chi connectivity index (χ1) is 14.5. The van der Waals surface area contributed by atoms with Crippen molar-refractivity contribution in [3.05, 3.63) is 95.8 Å². The van der Waals surface area contributed by atoms with Gasteiger partial charge in [-0.15, -0.1) is 0 Å². The molecule has 6 heteroatoms. The Labute approximate surface area is 174 Å². The number of anilines is 2. The van der Waals surface area contributed by atoms with Crippen molar-refractivity contribution in [3.8, 4) is 5.75 Å². The number of nitrogens with one attached hydrogen (secondary N) is 2. The molecule has 0 unspecified atom stereocenters. The molecule has 0 atom stereocenters. The van der Waals surface area contributed by atoms with E-state index in [1.54, 1.807) is 66.7 Å². The number of amides is 2. The third-order valence-electron chi connectivity index (χ3n) is 4.15. The zero-order valence-electron chi connectivity index (χ0n) is 16.4. The van der Waals surface area contributed by atoms with Gasteiger partial charge in [0.25, 0.3) is 5.91 Å². The Morgan fingerprint density at radius 2 is 1.63 bits per heavy atom. The number of hydrogen-bond acceptors (Lipinski definition) is 3. The van der Waals surface area contributed by atoms with Crippen molar-refractivity contribution in [3.63, 3.8) is 0 Å². The van der Waals surface area contributed by atoms with Crippen molar-refractivity contribution in [2.24, 2.45) is 0 Å². The van der Waals surface area contributed by atoms with Crippen molar-refractivity contribution in [2.45, 2.75) is 6.92 Å². The normalized spacial score (nSPS) is 10.6. The van der Waals surface area contributed by atoms with E-state index < -0.39 is 5.91 Å². The number of carbonyl (C=O) groups is 2. The molecule has 0 bridgehead atoms. The van der Waals surface area contributed by atoms with Gasteiger partial charge in [-0.3, -0.25) is 9.59 Å². The van der Waals surface area contributed by atoms with Crippen LogP contribution in [-0.2, 0) is 4.79 Å². The summed E-state index contributed by atoms with van der Waals surface area (Å²) >= 11 is 0. The Morgan fingerprint density at radius 1 is 0.933 bits per heavy atom. The highest BCUT2D eigenvalue weighted by Crippen LogP contribution is 2.20. The molecular formula is C24H21FN2O3. The van der Waals surface area contributed by atoms with E-state index in [9.17, 15) is 14.0 Å². The molecule has 0 fully saturated rings. The molecule has 152 valence electrons. The van der Waals surface area contributed by atoms with Crippen LogP contribution in [0.1, 0.15) is 22.8 Å². The number of carbonyl (C=O) groups excluding carboxylic acids is 2. The summed E-state index contributed by atoms with van der Waals surface area (Å²) in [6.07, 6.45) is 2.89. The maximum Gasteiger partial charge on any atom is 0.257 e. The first-order valence-electron chi connectivity index (χ1n) is 9.43. The van der Waals surface area contributed by atoms with E-state index in [1.165, 1.54) is 18.2 Å². The van der Waals surface area contributed by atoms with E-state index in [4.69, 9.17) is 4.74 Å². The standard InChI is InChI=1S/C24H21FN2O3/c1-2-30-20-14-12-19(13-15-20)26-24(29)21-5-3-4-6-22(21)27-23(28)16-9-17-7-10-18(25)11-8-17/h3-16H,2H2,1H3,(H,26,29)(H,27,28)/b16-9+.